The van der Waals surface area contributed by atoms with Gasteiger partial charge in [0.15, 0.2) is 0 Å². The molecule has 9 nitrogen and oxygen atoms in total. The summed E-state index contributed by atoms with van der Waals surface area (Å²) in [6.07, 6.45) is -0.0881. The Kier molecular flexibility index (Phi) is 3.36. The minimum Gasteiger partial charge on any atom is -0.452 e. The molecule has 17 heavy (non-hydrogen) atoms. The molecule has 0 aromatic carbocycles. The highest BCUT2D eigenvalue weighted by Gasteiger charge is 2.43. The van der Waals surface area contributed by atoms with Crippen LogP contribution in [0.15, 0.2) is 17.6 Å². The molecular weight excluding hydrogens is 252 g/mol. The average Bonchev–Trinajstić information content (AvgIpc) is 2.23. The maximum atomic E-state index is 11.8. The quantitative estimate of drug-likeness (QED) is 0.652. The topological polar surface area (TPSA) is 122 Å². The molecule has 10 heteroatoms. The number of methoxy groups -OCH3 is 1. The Hall–Kier alpha value is -2.10. The molecule has 1 heterocycles. The number of aliphatic imine (C=N–C) groups is 1. The van der Waals surface area contributed by atoms with Crippen molar-refractivity contribution < 1.29 is 22.7 Å². The molecule has 0 fully saturated rings. The lowest BCUT2D eigenvalue weighted by Gasteiger charge is -2.29. The summed E-state index contributed by atoms with van der Waals surface area (Å²) in [5, 5.41) is 0. The van der Waals surface area contributed by atoms with Gasteiger partial charge in [0, 0.05) is 0 Å². The van der Waals surface area contributed by atoms with Crippen LogP contribution in [0, 0.1) is 0 Å². The van der Waals surface area contributed by atoms with E-state index < -0.39 is 28.3 Å². The first kappa shape index (κ1) is 13.0. The molecular formula is C7H10N4O5S. The smallest absolute Gasteiger partial charge is 0.432 e. The second-order valence-corrected chi connectivity index (χ2v) is 4.52. The average molecular weight is 262 g/mol. The second-order valence-electron chi connectivity index (χ2n) is 2.81. The normalized spacial score (nSPS) is 18.6. The van der Waals surface area contributed by atoms with Gasteiger partial charge in [0.25, 0.3) is 0 Å². The predicted molar refractivity (Wildman–Crippen MR) is 57.1 cm³/mol. The minimum atomic E-state index is -4.42. The van der Waals surface area contributed by atoms with Crippen LogP contribution < -0.4 is 5.73 Å². The molecule has 0 unspecified atom stereocenters. The predicted octanol–water partition coefficient (Wildman–Crippen LogP) is -0.764. The monoisotopic (exact) mass is 262 g/mol. The molecule has 2 N–H and O–H groups in total. The Labute approximate surface area is 97.3 Å². The number of ether oxygens (including phenoxy) is 1. The van der Waals surface area contributed by atoms with Gasteiger partial charge in [-0.2, -0.15) is 17.7 Å². The van der Waals surface area contributed by atoms with Crippen molar-refractivity contribution in [1.29, 1.82) is 0 Å². The van der Waals surface area contributed by atoms with Crippen LogP contribution in [0.4, 0.5) is 9.59 Å². The Morgan fingerprint density at radius 3 is 2.71 bits per heavy atom. The van der Waals surface area contributed by atoms with E-state index in [4.69, 9.17) is 5.73 Å². The number of hydrogen-bond donors (Lipinski definition) is 1. The van der Waals surface area contributed by atoms with E-state index in [1.165, 1.54) is 6.08 Å². The van der Waals surface area contributed by atoms with E-state index in [9.17, 15) is 18.0 Å². The summed E-state index contributed by atoms with van der Waals surface area (Å²) >= 11 is 0. The molecule has 3 amide bonds. The van der Waals surface area contributed by atoms with Crippen LogP contribution in [0.2, 0.25) is 0 Å². The first-order chi connectivity index (χ1) is 7.86. The molecule has 0 aliphatic carbocycles. The summed E-state index contributed by atoms with van der Waals surface area (Å²) in [5.74, 6) is -0.762. The third-order valence-electron chi connectivity index (χ3n) is 1.78. The maximum Gasteiger partial charge on any atom is 0.432 e. The number of guanidine groups is 1. The van der Waals surface area contributed by atoms with Crippen molar-refractivity contribution in [3.8, 4) is 0 Å². The van der Waals surface area contributed by atoms with Crippen LogP contribution in [0.1, 0.15) is 0 Å². The molecule has 0 atom stereocenters. The fourth-order valence-corrected chi connectivity index (χ4v) is 2.34. The summed E-state index contributed by atoms with van der Waals surface area (Å²) < 4.78 is 28.4. The number of rotatable bonds is 2. The molecule has 94 valence electrons. The molecule has 1 aliphatic heterocycles. The zero-order valence-corrected chi connectivity index (χ0v) is 9.68. The number of carbonyl (C=O) groups excluding carboxylic acids is 2. The van der Waals surface area contributed by atoms with Gasteiger partial charge in [-0.05, 0) is 0 Å². The van der Waals surface area contributed by atoms with E-state index >= 15 is 0 Å². The number of carbonyl (C=O) groups is 2. The third-order valence-corrected chi connectivity index (χ3v) is 3.44. The lowest BCUT2D eigenvalue weighted by molar-refractivity contribution is 0.159. The van der Waals surface area contributed by atoms with Crippen molar-refractivity contribution in [2.45, 2.75) is 0 Å². The molecule has 1 rings (SSSR count). The van der Waals surface area contributed by atoms with Crippen LogP contribution in [-0.2, 0) is 14.9 Å². The van der Waals surface area contributed by atoms with Gasteiger partial charge in [-0.3, -0.25) is 0 Å². The van der Waals surface area contributed by atoms with Crippen LogP contribution in [-0.4, -0.2) is 48.8 Å². The van der Waals surface area contributed by atoms with Crippen LogP contribution >= 0.6 is 0 Å². The van der Waals surface area contributed by atoms with Crippen LogP contribution in [0.25, 0.3) is 0 Å². The largest absolute Gasteiger partial charge is 0.452 e. The highest BCUT2D eigenvalue weighted by atomic mass is 32.2. The van der Waals surface area contributed by atoms with E-state index in [1.807, 2.05) is 0 Å². The van der Waals surface area contributed by atoms with Crippen LogP contribution in [0.3, 0.4) is 0 Å². The molecule has 0 radical (unpaired) electrons. The Balaban J connectivity index is 3.32. The van der Waals surface area contributed by atoms with Gasteiger partial charge in [0.1, 0.15) is 0 Å². The van der Waals surface area contributed by atoms with Crippen molar-refractivity contribution in [3.05, 3.63) is 12.7 Å². The van der Waals surface area contributed by atoms with E-state index in [2.05, 4.69) is 16.3 Å². The lowest BCUT2D eigenvalue weighted by atomic mass is 10.6. The number of hydrogen-bond acceptors (Lipinski definition) is 6. The Morgan fingerprint density at radius 1 is 1.65 bits per heavy atom. The van der Waals surface area contributed by atoms with E-state index in [-0.39, 0.29) is 10.8 Å². The number of nitrogens with zero attached hydrogens (tertiary/aromatic N) is 3. The molecule has 0 bridgehead atoms. The molecule has 0 aromatic rings. The van der Waals surface area contributed by atoms with Gasteiger partial charge in [0.2, 0.25) is 5.96 Å². The zero-order valence-electron chi connectivity index (χ0n) is 8.86. The van der Waals surface area contributed by atoms with Gasteiger partial charge >= 0.3 is 22.3 Å². The summed E-state index contributed by atoms with van der Waals surface area (Å²) in [5.41, 5.74) is 5.20. The molecule has 0 spiro atoms. The summed E-state index contributed by atoms with van der Waals surface area (Å²) in [6, 6.07) is -1.09. The van der Waals surface area contributed by atoms with E-state index in [1.54, 1.807) is 0 Å². The highest BCUT2D eigenvalue weighted by Crippen LogP contribution is 2.16. The minimum absolute atomic E-state index is 0.0951. The first-order valence-corrected chi connectivity index (χ1v) is 5.66. The summed E-state index contributed by atoms with van der Waals surface area (Å²) in [4.78, 5) is 25.8. The Morgan fingerprint density at radius 2 is 2.24 bits per heavy atom. The molecule has 0 saturated heterocycles. The van der Waals surface area contributed by atoms with Gasteiger partial charge < -0.3 is 10.5 Å². The molecule has 1 aliphatic rings. The fourth-order valence-electron chi connectivity index (χ4n) is 1.07. The van der Waals surface area contributed by atoms with Gasteiger partial charge in [-0.1, -0.05) is 6.08 Å². The third kappa shape index (κ3) is 2.06. The van der Waals surface area contributed by atoms with Crippen LogP contribution in [0.5, 0.6) is 0 Å². The van der Waals surface area contributed by atoms with E-state index in [0.717, 1.165) is 7.11 Å². The standard InChI is InChI=1S/C7H10N4O5S/c1-3-4-10-6(12)9-5(8)11(7(13)16-2)17(10,14)15/h3H,1,4H2,2H3,(H2,8,9,12). The number of amides is 3. The van der Waals surface area contributed by atoms with Gasteiger partial charge in [0.05, 0.1) is 13.7 Å². The molecule has 0 saturated carbocycles. The lowest BCUT2D eigenvalue weighted by Crippen LogP contribution is -2.57. The van der Waals surface area contributed by atoms with Crippen molar-refractivity contribution >= 4 is 28.3 Å². The van der Waals surface area contributed by atoms with Gasteiger partial charge in [-0.25, -0.2) is 9.59 Å². The van der Waals surface area contributed by atoms with Gasteiger partial charge in [-0.15, -0.1) is 10.9 Å². The van der Waals surface area contributed by atoms with Crippen molar-refractivity contribution in [3.63, 3.8) is 0 Å². The zero-order chi connectivity index (χ0) is 13.2. The Bertz CT molecular complexity index is 496. The van der Waals surface area contributed by atoms with Crippen molar-refractivity contribution in [1.82, 2.24) is 8.61 Å². The summed E-state index contributed by atoms with van der Waals surface area (Å²) in [7, 11) is -3.45. The molecule has 0 aromatic heterocycles. The van der Waals surface area contributed by atoms with Crippen molar-refractivity contribution in [2.75, 3.05) is 13.7 Å². The first-order valence-electron chi connectivity index (χ1n) is 4.26. The van der Waals surface area contributed by atoms with Crippen molar-refractivity contribution in [2.24, 2.45) is 10.7 Å². The number of nitrogens with two attached hydrogens (primary N) is 1. The maximum absolute atomic E-state index is 11.8. The fraction of sp³-hybridized carbons (Fsp3) is 0.286. The SMILES string of the molecule is C=CCN1C(=O)N=C(N)N(C(=O)OC)S1(=O)=O. The number of urea groups is 1. The highest BCUT2D eigenvalue weighted by molar-refractivity contribution is 7.88. The van der Waals surface area contributed by atoms with E-state index in [0.29, 0.717) is 4.31 Å². The second kappa shape index (κ2) is 4.41. The summed E-state index contributed by atoms with van der Waals surface area (Å²) in [6.45, 7) is 2.96.